The van der Waals surface area contributed by atoms with Crippen molar-refractivity contribution in [2.24, 2.45) is 0 Å². The van der Waals surface area contributed by atoms with E-state index in [0.29, 0.717) is 19.6 Å². The molecule has 3 heteroatoms. The average Bonchev–Trinajstić information content (AvgIpc) is 2.28. The molecule has 1 aliphatic rings. The fourth-order valence-electron chi connectivity index (χ4n) is 2.24. The predicted octanol–water partition coefficient (Wildman–Crippen LogP) is 2.38. The number of carbonyl (C=O) groups is 1. The van der Waals surface area contributed by atoms with Crippen molar-refractivity contribution in [1.29, 1.82) is 0 Å². The van der Waals surface area contributed by atoms with Gasteiger partial charge in [0.2, 0.25) is 0 Å². The molecule has 1 aliphatic heterocycles. The summed E-state index contributed by atoms with van der Waals surface area (Å²) in [7, 11) is 0. The number of aliphatic carboxylic acids is 1. The molecule has 0 amide bonds. The third-order valence-corrected chi connectivity index (χ3v) is 3.55. The van der Waals surface area contributed by atoms with Crippen molar-refractivity contribution in [3.8, 4) is 0 Å². The summed E-state index contributed by atoms with van der Waals surface area (Å²) in [5.41, 5.74) is 2.45. The van der Waals surface area contributed by atoms with Crippen molar-refractivity contribution in [1.82, 2.24) is 0 Å². The second-order valence-corrected chi connectivity index (χ2v) is 4.72. The molecule has 0 aliphatic carbocycles. The van der Waals surface area contributed by atoms with Gasteiger partial charge >= 0.3 is 5.97 Å². The first-order chi connectivity index (χ1) is 8.16. The number of benzene rings is 1. The van der Waals surface area contributed by atoms with Crippen molar-refractivity contribution in [2.75, 3.05) is 13.2 Å². The van der Waals surface area contributed by atoms with E-state index in [2.05, 4.69) is 31.2 Å². The van der Waals surface area contributed by atoms with E-state index in [0.717, 1.165) is 6.42 Å². The van der Waals surface area contributed by atoms with E-state index in [1.54, 1.807) is 0 Å². The van der Waals surface area contributed by atoms with E-state index in [4.69, 9.17) is 9.84 Å². The second kappa shape index (κ2) is 4.88. The lowest BCUT2D eigenvalue weighted by molar-refractivity contribution is -0.139. The third-order valence-electron chi connectivity index (χ3n) is 3.55. The van der Waals surface area contributed by atoms with E-state index in [-0.39, 0.29) is 11.8 Å². The topological polar surface area (TPSA) is 46.5 Å². The van der Waals surface area contributed by atoms with Gasteiger partial charge in [-0.05, 0) is 24.0 Å². The Morgan fingerprint density at radius 3 is 2.41 bits per heavy atom. The van der Waals surface area contributed by atoms with Gasteiger partial charge in [-0.15, -0.1) is 0 Å². The highest BCUT2D eigenvalue weighted by Crippen LogP contribution is 2.36. The smallest absolute Gasteiger partial charge is 0.303 e. The number of hydrogen-bond donors (Lipinski definition) is 1. The highest BCUT2D eigenvalue weighted by Gasteiger charge is 2.40. The maximum atomic E-state index is 10.7. The van der Waals surface area contributed by atoms with Crippen molar-refractivity contribution >= 4 is 5.97 Å². The normalized spacial score (nSPS) is 17.5. The zero-order valence-corrected chi connectivity index (χ0v) is 10.1. The quantitative estimate of drug-likeness (QED) is 0.850. The van der Waals surface area contributed by atoms with E-state index in [1.165, 1.54) is 11.1 Å². The Morgan fingerprint density at radius 2 is 2.00 bits per heavy atom. The third kappa shape index (κ3) is 2.50. The molecule has 0 unspecified atom stereocenters. The largest absolute Gasteiger partial charge is 0.481 e. The number of ether oxygens (including phenoxy) is 1. The highest BCUT2D eigenvalue weighted by atomic mass is 16.5. The van der Waals surface area contributed by atoms with Crippen LogP contribution in [0.2, 0.25) is 0 Å². The molecule has 1 N–H and O–H groups in total. The minimum Gasteiger partial charge on any atom is -0.481 e. The summed E-state index contributed by atoms with van der Waals surface area (Å²) in [4.78, 5) is 10.7. The molecule has 17 heavy (non-hydrogen) atoms. The highest BCUT2D eigenvalue weighted by molar-refractivity contribution is 5.67. The van der Waals surface area contributed by atoms with Crippen LogP contribution in [-0.2, 0) is 21.4 Å². The monoisotopic (exact) mass is 234 g/mol. The SMILES string of the molecule is CCc1ccc(C2(CCC(=O)O)COC2)cc1. The molecular formula is C14H18O3. The summed E-state index contributed by atoms with van der Waals surface area (Å²) in [5, 5.41) is 8.78. The van der Waals surface area contributed by atoms with Gasteiger partial charge in [-0.1, -0.05) is 31.2 Å². The van der Waals surface area contributed by atoms with E-state index < -0.39 is 5.97 Å². The van der Waals surface area contributed by atoms with Gasteiger partial charge in [0.05, 0.1) is 13.2 Å². The summed E-state index contributed by atoms with van der Waals surface area (Å²) in [6, 6.07) is 8.47. The molecule has 1 heterocycles. The van der Waals surface area contributed by atoms with Gasteiger partial charge in [-0.25, -0.2) is 0 Å². The van der Waals surface area contributed by atoms with Gasteiger partial charge in [-0.2, -0.15) is 0 Å². The average molecular weight is 234 g/mol. The van der Waals surface area contributed by atoms with Crippen LogP contribution in [0.25, 0.3) is 0 Å². The summed E-state index contributed by atoms with van der Waals surface area (Å²) in [6.07, 6.45) is 1.89. The first-order valence-electron chi connectivity index (χ1n) is 6.05. The van der Waals surface area contributed by atoms with Crippen LogP contribution in [0.5, 0.6) is 0 Å². The van der Waals surface area contributed by atoms with Crippen molar-refractivity contribution < 1.29 is 14.6 Å². The van der Waals surface area contributed by atoms with Crippen LogP contribution in [0.1, 0.15) is 30.9 Å². The number of rotatable bonds is 5. The van der Waals surface area contributed by atoms with Crippen molar-refractivity contribution in [2.45, 2.75) is 31.6 Å². The van der Waals surface area contributed by atoms with Gasteiger partial charge in [0.1, 0.15) is 0 Å². The molecule has 0 aromatic heterocycles. The lowest BCUT2D eigenvalue weighted by Crippen LogP contribution is -2.47. The minimum atomic E-state index is -0.735. The Balaban J connectivity index is 2.13. The molecular weight excluding hydrogens is 216 g/mol. The predicted molar refractivity (Wildman–Crippen MR) is 65.2 cm³/mol. The summed E-state index contributed by atoms with van der Waals surface area (Å²) >= 11 is 0. The van der Waals surface area contributed by atoms with Crippen LogP contribution in [0.15, 0.2) is 24.3 Å². The fraction of sp³-hybridized carbons (Fsp3) is 0.500. The van der Waals surface area contributed by atoms with Crippen LogP contribution in [0.3, 0.4) is 0 Å². The minimum absolute atomic E-state index is 0.0648. The molecule has 1 aromatic carbocycles. The van der Waals surface area contributed by atoms with Gasteiger partial charge < -0.3 is 9.84 Å². The van der Waals surface area contributed by atoms with Crippen molar-refractivity contribution in [3.63, 3.8) is 0 Å². The first kappa shape index (κ1) is 12.1. The first-order valence-corrected chi connectivity index (χ1v) is 6.05. The van der Waals surface area contributed by atoms with Gasteiger partial charge in [-0.3, -0.25) is 4.79 Å². The fourth-order valence-corrected chi connectivity index (χ4v) is 2.24. The molecule has 0 spiro atoms. The van der Waals surface area contributed by atoms with Crippen LogP contribution >= 0.6 is 0 Å². The molecule has 1 aromatic rings. The summed E-state index contributed by atoms with van der Waals surface area (Å²) < 4.78 is 5.29. The molecule has 0 atom stereocenters. The summed E-state index contributed by atoms with van der Waals surface area (Å²) in [5.74, 6) is -0.735. The Morgan fingerprint density at radius 1 is 1.35 bits per heavy atom. The molecule has 0 bridgehead atoms. The van der Waals surface area contributed by atoms with Crippen LogP contribution < -0.4 is 0 Å². The molecule has 0 saturated carbocycles. The number of aryl methyl sites for hydroxylation is 1. The van der Waals surface area contributed by atoms with E-state index >= 15 is 0 Å². The maximum absolute atomic E-state index is 10.7. The van der Waals surface area contributed by atoms with Gasteiger partial charge in [0.15, 0.2) is 0 Å². The van der Waals surface area contributed by atoms with Gasteiger partial charge in [0, 0.05) is 11.8 Å². The van der Waals surface area contributed by atoms with Crippen LogP contribution in [0, 0.1) is 0 Å². The Kier molecular flexibility index (Phi) is 3.48. The number of hydrogen-bond acceptors (Lipinski definition) is 2. The molecule has 92 valence electrons. The molecule has 2 rings (SSSR count). The lowest BCUT2D eigenvalue weighted by atomic mass is 9.75. The molecule has 3 nitrogen and oxygen atoms in total. The number of carboxylic acid groups (broad SMARTS) is 1. The molecule has 1 saturated heterocycles. The standard InChI is InChI=1S/C14H18O3/c1-2-11-3-5-12(6-4-11)14(9-17-10-14)8-7-13(15)16/h3-6H,2,7-10H2,1H3,(H,15,16). The Hall–Kier alpha value is -1.35. The van der Waals surface area contributed by atoms with Crippen LogP contribution in [-0.4, -0.2) is 24.3 Å². The maximum Gasteiger partial charge on any atom is 0.303 e. The summed E-state index contributed by atoms with van der Waals surface area (Å²) in [6.45, 7) is 3.42. The van der Waals surface area contributed by atoms with E-state index in [9.17, 15) is 4.79 Å². The van der Waals surface area contributed by atoms with E-state index in [1.807, 2.05) is 0 Å². The zero-order valence-electron chi connectivity index (χ0n) is 10.1. The van der Waals surface area contributed by atoms with Gasteiger partial charge in [0.25, 0.3) is 0 Å². The Bertz CT molecular complexity index is 390. The number of carboxylic acids is 1. The Labute approximate surface area is 101 Å². The molecule has 1 fully saturated rings. The lowest BCUT2D eigenvalue weighted by Gasteiger charge is -2.42. The van der Waals surface area contributed by atoms with Crippen molar-refractivity contribution in [3.05, 3.63) is 35.4 Å². The second-order valence-electron chi connectivity index (χ2n) is 4.72. The zero-order chi connectivity index (χ0) is 12.3. The molecule has 0 radical (unpaired) electrons. The van der Waals surface area contributed by atoms with Crippen LogP contribution in [0.4, 0.5) is 0 Å².